The summed E-state index contributed by atoms with van der Waals surface area (Å²) in [7, 11) is 0. The monoisotopic (exact) mass is 1720 g/mol. The lowest BCUT2D eigenvalue weighted by Gasteiger charge is -2.34. The highest BCUT2D eigenvalue weighted by Gasteiger charge is 2.49. The van der Waals surface area contributed by atoms with E-state index in [1.807, 2.05) is 48.9 Å². The number of ether oxygens (including phenoxy) is 2. The van der Waals surface area contributed by atoms with Gasteiger partial charge in [-0.15, -0.1) is 0 Å². The second kappa shape index (κ2) is 44.3. The minimum atomic E-state index is -5.62. The van der Waals surface area contributed by atoms with Crippen molar-refractivity contribution in [2.75, 3.05) is 102 Å². The smallest absolute Gasteiger partial charge is 0.444 e. The number of likely N-dealkylation sites (tertiary alicyclic amines) is 1. The number of nitrogens with two attached hydrogens (primary N) is 4. The second-order valence-corrected chi connectivity index (χ2v) is 28.4. The van der Waals surface area contributed by atoms with Gasteiger partial charge in [0.1, 0.15) is 98.7 Å². The van der Waals surface area contributed by atoms with Crippen LogP contribution in [0.1, 0.15) is 94.7 Å². The summed E-state index contributed by atoms with van der Waals surface area (Å²) < 4.78 is 184. The molecule has 0 radical (unpaired) electrons. The topological polar surface area (TPSA) is 487 Å². The second-order valence-electron chi connectivity index (χ2n) is 26.0. The van der Waals surface area contributed by atoms with E-state index in [9.17, 15) is 94.6 Å². The molecule has 5 aliphatic rings. The van der Waals surface area contributed by atoms with Crippen molar-refractivity contribution >= 4 is 121 Å². The molecule has 6 aromatic rings. The quantitative estimate of drug-likeness (QED) is 0.0268. The Morgan fingerprint density at radius 3 is 1.25 bits per heavy atom. The third-order valence-electron chi connectivity index (χ3n) is 15.4. The van der Waals surface area contributed by atoms with Crippen molar-refractivity contribution < 1.29 is 104 Å². The van der Waals surface area contributed by atoms with Crippen molar-refractivity contribution in [2.24, 2.45) is 11.5 Å². The molecule has 34 nitrogen and oxygen atoms in total. The Kier molecular flexibility index (Phi) is 36.5. The lowest BCUT2D eigenvalue weighted by molar-refractivity contribution is -0.221. The van der Waals surface area contributed by atoms with Crippen LogP contribution in [0, 0.1) is 22.7 Å². The summed E-state index contributed by atoms with van der Waals surface area (Å²) in [6, 6.07) is 9.35. The number of nitrogens with zero attached hydrogens (tertiary/aromatic N) is 16. The van der Waals surface area contributed by atoms with Gasteiger partial charge in [0.15, 0.2) is 10.3 Å². The zero-order valence-electron chi connectivity index (χ0n) is 61.4. The molecule has 0 bridgehead atoms. The molecule has 5 atom stereocenters. The summed E-state index contributed by atoms with van der Waals surface area (Å²) in [6.45, 7) is 11.7. The van der Waals surface area contributed by atoms with Crippen molar-refractivity contribution in [1.29, 1.82) is 10.5 Å². The van der Waals surface area contributed by atoms with Gasteiger partial charge in [0.05, 0.1) is 12.4 Å². The van der Waals surface area contributed by atoms with Crippen LogP contribution in [0.5, 0.6) is 0 Å². The van der Waals surface area contributed by atoms with Crippen molar-refractivity contribution in [3.63, 3.8) is 0 Å². The fourth-order valence-corrected chi connectivity index (χ4v) is 11.7. The Bertz CT molecular complexity index is 4220. The standard InChI is InChI=1S/C15H14F3N7OS.C13H15N7S.C11H14F3N5O.C10H20N2O2.C7H11F3N2O.C4H4ClN3.C4F6O3/c16-15(17,18)13(26)23-9-2-1-3-25(7-9)12-4-11(21-8-22-12)24-14-20-6-10(5-19)27-14;14-5-10-6-16-13(21-10)19-11-4-12(18-8-17-11)20-3-1-2-9(15)7-20;12-11(13,14)10(20)18-7-2-1-3-19(5-7)9-4-8(15)16-6-17-9;1-10(2,3)14-9(13)12-6-4-5-8(11)7-12;8-7(9,10)6(13)12-5-2-1-3-11-4-5;5-3-1-4(6)8-2-7-3;5-3(6,7)1(11)13-2(12)4(8,9)10/h4,6,8-9H,1-3,7H2,(H,23,26)(H,20,21,22,24);4,6,8-9H,1-3,7,15H2,(H,16,17,18,19);4,6-7H,1-3,5H2,(H,18,20)(H2,15,16,17);8H,4-7,11H2,1-3H3;5,11H,1-4H2,(H,12,13);1-2H,(H2,6,7,8);. The molecular weight excluding hydrogens is 1650 g/mol. The normalized spacial score (nSPS) is 18.3. The minimum absolute atomic E-state index is 0.108. The van der Waals surface area contributed by atoms with E-state index in [0.29, 0.717) is 113 Å². The lowest BCUT2D eigenvalue weighted by Crippen LogP contribution is -2.51. The number of alkyl halides is 15. The molecule has 6 aromatic heterocycles. The number of piperidine rings is 5. The minimum Gasteiger partial charge on any atom is -0.444 e. The predicted octanol–water partition coefficient (Wildman–Crippen LogP) is 8.03. The number of anilines is 9. The van der Waals surface area contributed by atoms with Crippen LogP contribution < -0.4 is 69.5 Å². The first-order valence-corrected chi connectivity index (χ1v) is 36.4. The molecule has 0 aliphatic carbocycles. The first kappa shape index (κ1) is 95.7. The molecule has 5 unspecified atom stereocenters. The van der Waals surface area contributed by atoms with Gasteiger partial charge in [0, 0.05) is 113 Å². The Hall–Kier alpha value is -10.9. The number of hydrogen-bond acceptors (Lipinski definition) is 32. The lowest BCUT2D eigenvalue weighted by atomic mass is 10.1. The average molecular weight is 1720 g/mol. The molecular formula is C64H78ClF15N26O8S2. The third kappa shape index (κ3) is 35.5. The number of aromatic nitrogens is 10. The molecule has 5 aliphatic heterocycles. The fraction of sp³-hybridized carbons (Fsp3) is 0.531. The molecule has 11 rings (SSSR count). The van der Waals surface area contributed by atoms with Gasteiger partial charge in [0.2, 0.25) is 0 Å². The molecule has 4 amide bonds. The Labute approximate surface area is 663 Å². The molecule has 0 spiro atoms. The number of thiazole rings is 2. The van der Waals surface area contributed by atoms with Gasteiger partial charge in [-0.2, -0.15) is 76.4 Å². The van der Waals surface area contributed by atoms with Crippen LogP contribution in [-0.4, -0.2) is 223 Å². The van der Waals surface area contributed by atoms with Gasteiger partial charge in [-0.25, -0.2) is 64.2 Å². The van der Waals surface area contributed by atoms with E-state index in [-0.39, 0.29) is 43.1 Å². The van der Waals surface area contributed by atoms with Crippen LogP contribution in [0.25, 0.3) is 0 Å². The van der Waals surface area contributed by atoms with Crippen molar-refractivity contribution in [3.8, 4) is 12.1 Å². The number of amides is 4. The molecule has 14 N–H and O–H groups in total. The first-order chi connectivity index (χ1) is 54.2. The number of nitrogens with one attached hydrogen (secondary N) is 6. The SMILES string of the molecule is CC(C)(C)OC(=O)N1CCCC(N)C1.N#Cc1cnc(Nc2cc(N3CCCC(N)C3)ncn2)s1.N#Cc1cnc(Nc2cc(N3CCCC(NC(=O)C(F)(F)F)C3)ncn2)s1.Nc1cc(Cl)ncn1.Nc1cc(N2CCCC(NC(=O)C(F)(F)F)C2)ncn1.O=C(NC1CCCNC1)C(F)(F)F.O=C(OC(=O)C(F)(F)F)C(F)(F)F. The summed E-state index contributed by atoms with van der Waals surface area (Å²) in [5.74, 6) is -8.37. The Morgan fingerprint density at radius 1 is 0.500 bits per heavy atom. The van der Waals surface area contributed by atoms with Gasteiger partial charge < -0.3 is 83.9 Å². The summed E-state index contributed by atoms with van der Waals surface area (Å²) in [6.07, 6.45) is -9.83. The van der Waals surface area contributed by atoms with Crippen LogP contribution in [0.4, 0.5) is 122 Å². The molecule has 116 heavy (non-hydrogen) atoms. The summed E-state index contributed by atoms with van der Waals surface area (Å²) >= 11 is 7.87. The predicted molar refractivity (Wildman–Crippen MR) is 389 cm³/mol. The van der Waals surface area contributed by atoms with E-state index >= 15 is 0 Å². The summed E-state index contributed by atoms with van der Waals surface area (Å²) in [5, 5.41) is 34.1. The first-order valence-electron chi connectivity index (χ1n) is 34.4. The van der Waals surface area contributed by atoms with Crippen LogP contribution in [-0.2, 0) is 33.4 Å². The van der Waals surface area contributed by atoms with Gasteiger partial charge in [-0.05, 0) is 91.5 Å². The molecule has 5 fully saturated rings. The number of hydrogen-bond donors (Lipinski definition) is 10. The highest BCUT2D eigenvalue weighted by atomic mass is 35.5. The van der Waals surface area contributed by atoms with Crippen LogP contribution in [0.15, 0.2) is 62.0 Å². The Morgan fingerprint density at radius 2 is 0.888 bits per heavy atom. The number of carbonyl (C=O) groups is 6. The van der Waals surface area contributed by atoms with E-state index in [4.69, 9.17) is 49.8 Å². The molecule has 0 aromatic carbocycles. The number of nitriles is 2. The fourth-order valence-electron chi connectivity index (χ4n) is 10.3. The van der Waals surface area contributed by atoms with Crippen LogP contribution >= 0.6 is 34.3 Å². The number of nitrogen functional groups attached to an aromatic ring is 2. The highest BCUT2D eigenvalue weighted by Crippen LogP contribution is 2.29. The zero-order chi connectivity index (χ0) is 86.4. The van der Waals surface area contributed by atoms with E-state index in [2.05, 4.69) is 81.5 Å². The largest absolute Gasteiger partial charge is 0.491 e. The number of halogens is 16. The van der Waals surface area contributed by atoms with Gasteiger partial charge in [-0.1, -0.05) is 34.3 Å². The van der Waals surface area contributed by atoms with E-state index in [1.165, 1.54) is 60.2 Å². The van der Waals surface area contributed by atoms with Crippen molar-refractivity contribution in [3.05, 3.63) is 76.9 Å². The average Bonchev–Trinajstić information content (AvgIpc) is 1.12. The maximum atomic E-state index is 12.4. The molecule has 52 heteroatoms. The molecule has 5 saturated heterocycles. The van der Waals surface area contributed by atoms with E-state index < -0.39 is 78.2 Å². The number of carbonyl (C=O) groups excluding carboxylic acids is 6. The third-order valence-corrected chi connectivity index (χ3v) is 17.3. The maximum absolute atomic E-state index is 12.4. The Balaban J connectivity index is 0.000000248. The molecule has 636 valence electrons. The molecule has 11 heterocycles. The van der Waals surface area contributed by atoms with Gasteiger partial charge in [0.25, 0.3) is 0 Å². The number of esters is 2. The van der Waals surface area contributed by atoms with Crippen molar-refractivity contribution in [1.82, 2.24) is 76.0 Å². The summed E-state index contributed by atoms with van der Waals surface area (Å²) in [4.78, 5) is 112. The van der Waals surface area contributed by atoms with E-state index in [0.717, 1.165) is 64.1 Å². The zero-order valence-corrected chi connectivity index (χ0v) is 63.8. The highest BCUT2D eigenvalue weighted by molar-refractivity contribution is 7.16. The van der Waals surface area contributed by atoms with E-state index in [1.54, 1.807) is 33.0 Å². The van der Waals surface area contributed by atoms with Gasteiger partial charge in [-0.3, -0.25) is 14.4 Å². The maximum Gasteiger partial charge on any atom is 0.491 e. The van der Waals surface area contributed by atoms with Crippen LogP contribution in [0.3, 0.4) is 0 Å². The van der Waals surface area contributed by atoms with Gasteiger partial charge >= 0.3 is 66.6 Å². The number of rotatable bonds is 10. The van der Waals surface area contributed by atoms with Crippen molar-refractivity contribution in [2.45, 2.75) is 152 Å². The summed E-state index contributed by atoms with van der Waals surface area (Å²) in [5.41, 5.74) is 22.1. The molecule has 0 saturated carbocycles. The van der Waals surface area contributed by atoms with Crippen LogP contribution in [0.2, 0.25) is 5.15 Å².